The van der Waals surface area contributed by atoms with Crippen LogP contribution in [0.5, 0.6) is 0 Å². The van der Waals surface area contributed by atoms with Crippen molar-refractivity contribution in [3.63, 3.8) is 0 Å². The van der Waals surface area contributed by atoms with E-state index in [0.717, 1.165) is 11.3 Å². The molecule has 5 nitrogen and oxygen atoms in total. The number of rotatable bonds is 2. The third-order valence-electron chi connectivity index (χ3n) is 2.93. The second-order valence-corrected chi connectivity index (χ2v) is 4.08. The maximum Gasteiger partial charge on any atom is 0.254 e. The van der Waals surface area contributed by atoms with E-state index in [1.165, 1.54) is 0 Å². The van der Waals surface area contributed by atoms with Gasteiger partial charge in [0.25, 0.3) is 5.91 Å². The Balaban J connectivity index is 2.16. The number of ether oxygens (including phenoxy) is 1. The maximum absolute atomic E-state index is 12.2. The van der Waals surface area contributed by atoms with Gasteiger partial charge in [0.2, 0.25) is 0 Å². The fourth-order valence-electron chi connectivity index (χ4n) is 1.91. The maximum atomic E-state index is 12.2. The molecule has 2 rings (SSSR count). The van der Waals surface area contributed by atoms with E-state index >= 15 is 0 Å². The van der Waals surface area contributed by atoms with Crippen molar-refractivity contribution in [2.24, 2.45) is 5.84 Å². The molecule has 1 saturated heterocycles. The predicted molar refractivity (Wildman–Crippen MR) is 65.7 cm³/mol. The van der Waals surface area contributed by atoms with Gasteiger partial charge < -0.3 is 15.1 Å². The third-order valence-corrected chi connectivity index (χ3v) is 2.93. The Morgan fingerprint density at radius 1 is 1.41 bits per heavy atom. The van der Waals surface area contributed by atoms with Crippen molar-refractivity contribution >= 4 is 11.6 Å². The number of aryl methyl sites for hydroxylation is 1. The molecule has 1 aromatic rings. The molecule has 0 aromatic heterocycles. The quantitative estimate of drug-likeness (QED) is 0.586. The lowest BCUT2D eigenvalue weighted by atomic mass is 10.1. The van der Waals surface area contributed by atoms with Crippen LogP contribution in [-0.2, 0) is 4.74 Å². The van der Waals surface area contributed by atoms with Crippen LogP contribution >= 0.6 is 0 Å². The van der Waals surface area contributed by atoms with Crippen molar-refractivity contribution in [2.75, 3.05) is 31.7 Å². The first-order valence-electron chi connectivity index (χ1n) is 5.66. The fourth-order valence-corrected chi connectivity index (χ4v) is 1.91. The van der Waals surface area contributed by atoms with Crippen molar-refractivity contribution in [2.45, 2.75) is 6.92 Å². The summed E-state index contributed by atoms with van der Waals surface area (Å²) in [6.07, 6.45) is 0. The van der Waals surface area contributed by atoms with Gasteiger partial charge in [-0.3, -0.25) is 10.6 Å². The van der Waals surface area contributed by atoms with Gasteiger partial charge >= 0.3 is 0 Å². The number of hydrazine groups is 1. The summed E-state index contributed by atoms with van der Waals surface area (Å²) in [5.74, 6) is 5.41. The summed E-state index contributed by atoms with van der Waals surface area (Å²) in [6.45, 7) is 4.48. The number of nitrogens with one attached hydrogen (secondary N) is 1. The number of amides is 1. The van der Waals surface area contributed by atoms with E-state index in [1.807, 2.05) is 24.0 Å². The highest BCUT2D eigenvalue weighted by Gasteiger charge is 2.18. The fraction of sp³-hybridized carbons (Fsp3) is 0.417. The molecule has 5 heteroatoms. The molecule has 0 radical (unpaired) electrons. The molecular formula is C12H17N3O2. The molecule has 0 aliphatic carbocycles. The lowest BCUT2D eigenvalue weighted by molar-refractivity contribution is 0.0303. The highest BCUT2D eigenvalue weighted by Crippen LogP contribution is 2.17. The molecule has 0 saturated carbocycles. The number of nitrogen functional groups attached to an aromatic ring is 1. The SMILES string of the molecule is Cc1cc(C(=O)N2CCOCC2)ccc1NN. The van der Waals surface area contributed by atoms with E-state index < -0.39 is 0 Å². The van der Waals surface area contributed by atoms with Crippen molar-refractivity contribution < 1.29 is 9.53 Å². The lowest BCUT2D eigenvalue weighted by Crippen LogP contribution is -2.40. The number of hydrogen-bond donors (Lipinski definition) is 2. The number of nitrogens with two attached hydrogens (primary N) is 1. The van der Waals surface area contributed by atoms with Crippen molar-refractivity contribution in [3.05, 3.63) is 29.3 Å². The van der Waals surface area contributed by atoms with Crippen LogP contribution in [-0.4, -0.2) is 37.1 Å². The molecule has 1 aliphatic heterocycles. The molecule has 92 valence electrons. The van der Waals surface area contributed by atoms with Gasteiger partial charge in [0.05, 0.1) is 18.9 Å². The molecule has 1 heterocycles. The van der Waals surface area contributed by atoms with Gasteiger partial charge in [0.15, 0.2) is 0 Å². The Hall–Kier alpha value is -1.59. The second kappa shape index (κ2) is 5.16. The molecule has 3 N–H and O–H groups in total. The Morgan fingerprint density at radius 2 is 2.12 bits per heavy atom. The Morgan fingerprint density at radius 3 is 2.71 bits per heavy atom. The van der Waals surface area contributed by atoms with Crippen LogP contribution in [0, 0.1) is 6.92 Å². The first-order chi connectivity index (χ1) is 8.22. The largest absolute Gasteiger partial charge is 0.378 e. The van der Waals surface area contributed by atoms with Crippen LogP contribution in [0.3, 0.4) is 0 Å². The smallest absolute Gasteiger partial charge is 0.254 e. The van der Waals surface area contributed by atoms with Gasteiger partial charge in [-0.15, -0.1) is 0 Å². The van der Waals surface area contributed by atoms with Gasteiger partial charge in [-0.2, -0.15) is 0 Å². The van der Waals surface area contributed by atoms with Gasteiger partial charge in [-0.25, -0.2) is 0 Å². The molecule has 1 aliphatic rings. The minimum absolute atomic E-state index is 0.0555. The predicted octanol–water partition coefficient (Wildman–Crippen LogP) is 0.753. The van der Waals surface area contributed by atoms with E-state index in [0.29, 0.717) is 31.9 Å². The van der Waals surface area contributed by atoms with Gasteiger partial charge in [0.1, 0.15) is 0 Å². The zero-order valence-corrected chi connectivity index (χ0v) is 9.90. The van der Waals surface area contributed by atoms with E-state index in [9.17, 15) is 4.79 Å². The van der Waals surface area contributed by atoms with Crippen molar-refractivity contribution in [1.29, 1.82) is 0 Å². The molecule has 0 unspecified atom stereocenters. The molecule has 17 heavy (non-hydrogen) atoms. The highest BCUT2D eigenvalue weighted by molar-refractivity contribution is 5.95. The lowest BCUT2D eigenvalue weighted by Gasteiger charge is -2.27. The molecule has 1 fully saturated rings. The molecule has 0 bridgehead atoms. The van der Waals surface area contributed by atoms with Crippen LogP contribution in [0.4, 0.5) is 5.69 Å². The summed E-state index contributed by atoms with van der Waals surface area (Å²) >= 11 is 0. The summed E-state index contributed by atoms with van der Waals surface area (Å²) < 4.78 is 5.23. The minimum atomic E-state index is 0.0555. The number of morpholine rings is 1. The Bertz CT molecular complexity index is 414. The standard InChI is InChI=1S/C12H17N3O2/c1-9-8-10(2-3-11(9)14-13)12(16)15-4-6-17-7-5-15/h2-3,8,14H,4-7,13H2,1H3. The average Bonchev–Trinajstić information content (AvgIpc) is 2.39. The highest BCUT2D eigenvalue weighted by atomic mass is 16.5. The number of anilines is 1. The zero-order valence-electron chi connectivity index (χ0n) is 9.90. The Kier molecular flexibility index (Phi) is 3.61. The molecule has 1 amide bonds. The van der Waals surface area contributed by atoms with Crippen LogP contribution in [0.1, 0.15) is 15.9 Å². The van der Waals surface area contributed by atoms with E-state index in [4.69, 9.17) is 10.6 Å². The normalized spacial score (nSPS) is 15.8. The summed E-state index contributed by atoms with van der Waals surface area (Å²) in [6, 6.07) is 5.47. The number of nitrogens with zero attached hydrogens (tertiary/aromatic N) is 1. The second-order valence-electron chi connectivity index (χ2n) is 4.08. The van der Waals surface area contributed by atoms with E-state index in [1.54, 1.807) is 6.07 Å². The molecular weight excluding hydrogens is 218 g/mol. The molecule has 1 aromatic carbocycles. The summed E-state index contributed by atoms with van der Waals surface area (Å²) in [4.78, 5) is 14.0. The zero-order chi connectivity index (χ0) is 12.3. The summed E-state index contributed by atoms with van der Waals surface area (Å²) in [5.41, 5.74) is 5.09. The van der Waals surface area contributed by atoms with Gasteiger partial charge in [0, 0.05) is 18.7 Å². The topological polar surface area (TPSA) is 67.6 Å². The Labute approximate surface area is 101 Å². The van der Waals surface area contributed by atoms with E-state index in [2.05, 4.69) is 5.43 Å². The number of carbonyl (C=O) groups is 1. The van der Waals surface area contributed by atoms with Crippen molar-refractivity contribution in [3.8, 4) is 0 Å². The minimum Gasteiger partial charge on any atom is -0.378 e. The van der Waals surface area contributed by atoms with Gasteiger partial charge in [-0.05, 0) is 30.7 Å². The number of hydrogen-bond acceptors (Lipinski definition) is 4. The molecule has 0 atom stereocenters. The van der Waals surface area contributed by atoms with E-state index in [-0.39, 0.29) is 5.91 Å². The first kappa shape index (κ1) is 11.9. The molecule has 0 spiro atoms. The monoisotopic (exact) mass is 235 g/mol. The van der Waals surface area contributed by atoms with Crippen LogP contribution in [0.25, 0.3) is 0 Å². The number of carbonyl (C=O) groups excluding carboxylic acids is 1. The summed E-state index contributed by atoms with van der Waals surface area (Å²) in [5, 5.41) is 0. The average molecular weight is 235 g/mol. The summed E-state index contributed by atoms with van der Waals surface area (Å²) in [7, 11) is 0. The van der Waals surface area contributed by atoms with Crippen LogP contribution in [0.2, 0.25) is 0 Å². The third kappa shape index (κ3) is 2.57. The van der Waals surface area contributed by atoms with Crippen LogP contribution in [0.15, 0.2) is 18.2 Å². The van der Waals surface area contributed by atoms with Crippen LogP contribution < -0.4 is 11.3 Å². The number of benzene rings is 1. The van der Waals surface area contributed by atoms with Crippen molar-refractivity contribution in [1.82, 2.24) is 4.90 Å². The first-order valence-corrected chi connectivity index (χ1v) is 5.66. The van der Waals surface area contributed by atoms with Gasteiger partial charge in [-0.1, -0.05) is 0 Å².